The largest absolute Gasteiger partial charge is 0.367 e. The SMILES string of the molecule is CN=C(NCC1CN2CCN1CC2)N1CC(C)OC(c2ccc(F)cc2)C1.I. The first-order valence-electron chi connectivity index (χ1n) is 9.95. The average Bonchev–Trinajstić information content (AvgIpc) is 2.69. The van der Waals surface area contributed by atoms with Crippen LogP contribution in [0.5, 0.6) is 0 Å². The molecule has 6 nitrogen and oxygen atoms in total. The van der Waals surface area contributed by atoms with E-state index < -0.39 is 0 Å². The van der Waals surface area contributed by atoms with Crippen LogP contribution >= 0.6 is 24.0 Å². The highest BCUT2D eigenvalue weighted by Crippen LogP contribution is 2.25. The molecule has 28 heavy (non-hydrogen) atoms. The zero-order valence-corrected chi connectivity index (χ0v) is 19.0. The molecule has 4 aliphatic heterocycles. The summed E-state index contributed by atoms with van der Waals surface area (Å²) in [6.45, 7) is 10.4. The molecule has 4 saturated heterocycles. The average molecular weight is 503 g/mol. The summed E-state index contributed by atoms with van der Waals surface area (Å²) >= 11 is 0. The third-order valence-electron chi connectivity index (χ3n) is 5.90. The topological polar surface area (TPSA) is 43.3 Å². The van der Waals surface area contributed by atoms with Crippen LogP contribution in [0.2, 0.25) is 0 Å². The Morgan fingerprint density at radius 3 is 2.46 bits per heavy atom. The van der Waals surface area contributed by atoms with Crippen molar-refractivity contribution in [1.29, 1.82) is 0 Å². The Kier molecular flexibility index (Phi) is 7.52. The number of ether oxygens (including phenoxy) is 1. The molecule has 2 bridgehead atoms. The van der Waals surface area contributed by atoms with Crippen LogP contribution < -0.4 is 5.32 Å². The molecular formula is C20H31FIN5O. The summed E-state index contributed by atoms with van der Waals surface area (Å²) in [5.74, 6) is 0.708. The summed E-state index contributed by atoms with van der Waals surface area (Å²) < 4.78 is 19.4. The van der Waals surface area contributed by atoms with Gasteiger partial charge >= 0.3 is 0 Å². The molecular weight excluding hydrogens is 472 g/mol. The van der Waals surface area contributed by atoms with Crippen molar-refractivity contribution in [3.63, 3.8) is 0 Å². The number of nitrogens with one attached hydrogen (secondary N) is 1. The number of nitrogens with zero attached hydrogens (tertiary/aromatic N) is 4. The number of piperazine rings is 3. The number of guanidine groups is 1. The van der Waals surface area contributed by atoms with E-state index in [2.05, 4.69) is 31.9 Å². The summed E-state index contributed by atoms with van der Waals surface area (Å²) in [4.78, 5) is 11.9. The second-order valence-corrected chi connectivity index (χ2v) is 7.81. The van der Waals surface area contributed by atoms with Gasteiger partial charge in [0.1, 0.15) is 11.9 Å². The molecule has 4 fully saturated rings. The first kappa shape index (κ1) is 21.7. The predicted molar refractivity (Wildman–Crippen MR) is 120 cm³/mol. The predicted octanol–water partition coefficient (Wildman–Crippen LogP) is 1.78. The van der Waals surface area contributed by atoms with E-state index in [1.165, 1.54) is 38.3 Å². The lowest BCUT2D eigenvalue weighted by Crippen LogP contribution is -2.64. The van der Waals surface area contributed by atoms with Crippen molar-refractivity contribution in [2.75, 3.05) is 59.4 Å². The van der Waals surface area contributed by atoms with E-state index >= 15 is 0 Å². The Morgan fingerprint density at radius 2 is 1.86 bits per heavy atom. The minimum Gasteiger partial charge on any atom is -0.367 e. The van der Waals surface area contributed by atoms with Gasteiger partial charge in [-0.1, -0.05) is 12.1 Å². The molecule has 3 atom stereocenters. The molecule has 5 rings (SSSR count). The van der Waals surface area contributed by atoms with Gasteiger partial charge in [0, 0.05) is 58.9 Å². The van der Waals surface area contributed by atoms with Gasteiger partial charge in [-0.2, -0.15) is 0 Å². The van der Waals surface area contributed by atoms with Crippen LogP contribution in [0.15, 0.2) is 29.3 Å². The molecule has 0 amide bonds. The van der Waals surface area contributed by atoms with Crippen molar-refractivity contribution in [2.24, 2.45) is 4.99 Å². The molecule has 8 heteroatoms. The van der Waals surface area contributed by atoms with E-state index in [0.29, 0.717) is 6.04 Å². The van der Waals surface area contributed by atoms with Crippen LogP contribution in [-0.4, -0.2) is 92.2 Å². The first-order valence-corrected chi connectivity index (χ1v) is 9.95. The van der Waals surface area contributed by atoms with Crippen LogP contribution in [0.3, 0.4) is 0 Å². The van der Waals surface area contributed by atoms with Crippen LogP contribution in [0.25, 0.3) is 0 Å². The molecule has 4 aliphatic rings. The molecule has 3 unspecified atom stereocenters. The zero-order valence-electron chi connectivity index (χ0n) is 16.7. The molecule has 0 radical (unpaired) electrons. The summed E-state index contributed by atoms with van der Waals surface area (Å²) in [5.41, 5.74) is 1.01. The Hall–Kier alpha value is -0.970. The maximum atomic E-state index is 13.2. The Bertz CT molecular complexity index is 665. The van der Waals surface area contributed by atoms with Crippen molar-refractivity contribution in [3.8, 4) is 0 Å². The lowest BCUT2D eigenvalue weighted by atomic mass is 10.1. The van der Waals surface area contributed by atoms with E-state index in [1.807, 2.05) is 19.2 Å². The van der Waals surface area contributed by atoms with E-state index in [-0.39, 0.29) is 42.0 Å². The number of rotatable bonds is 3. The molecule has 1 aromatic carbocycles. The molecule has 4 heterocycles. The smallest absolute Gasteiger partial charge is 0.193 e. The Balaban J connectivity index is 0.00000225. The Labute approximate surface area is 184 Å². The van der Waals surface area contributed by atoms with Gasteiger partial charge in [0.25, 0.3) is 0 Å². The standard InChI is InChI=1S/C20H30FN5O.HI/c1-15-12-26(14-19(27-15)16-3-5-17(21)6-4-16)20(22-2)23-11-18-13-24-7-9-25(18)10-8-24;/h3-6,15,18-19H,7-14H2,1-2H3,(H,22,23);1H. The van der Waals surface area contributed by atoms with Crippen LogP contribution in [-0.2, 0) is 4.74 Å². The van der Waals surface area contributed by atoms with Crippen molar-refractivity contribution in [3.05, 3.63) is 35.6 Å². The van der Waals surface area contributed by atoms with Crippen molar-refractivity contribution < 1.29 is 9.13 Å². The molecule has 156 valence electrons. The summed E-state index contributed by atoms with van der Waals surface area (Å²) in [6, 6.07) is 7.17. The van der Waals surface area contributed by atoms with E-state index in [1.54, 1.807) is 0 Å². The molecule has 0 spiro atoms. The van der Waals surface area contributed by atoms with Gasteiger partial charge in [0.05, 0.1) is 12.6 Å². The zero-order chi connectivity index (χ0) is 18.8. The monoisotopic (exact) mass is 503 g/mol. The van der Waals surface area contributed by atoms with E-state index in [0.717, 1.165) is 37.7 Å². The number of fused-ring (bicyclic) bond motifs is 3. The highest BCUT2D eigenvalue weighted by atomic mass is 127. The summed E-state index contributed by atoms with van der Waals surface area (Å²) in [7, 11) is 1.84. The van der Waals surface area contributed by atoms with Crippen LogP contribution in [0, 0.1) is 5.82 Å². The third kappa shape index (κ3) is 4.95. The van der Waals surface area contributed by atoms with Gasteiger partial charge in [0.2, 0.25) is 0 Å². The lowest BCUT2D eigenvalue weighted by molar-refractivity contribution is -0.0607. The van der Waals surface area contributed by atoms with E-state index in [9.17, 15) is 4.39 Å². The number of benzene rings is 1. The minimum absolute atomic E-state index is 0. The number of morpholine rings is 1. The van der Waals surface area contributed by atoms with Gasteiger partial charge in [-0.3, -0.25) is 14.8 Å². The molecule has 0 aromatic heterocycles. The van der Waals surface area contributed by atoms with Crippen molar-refractivity contribution in [1.82, 2.24) is 20.0 Å². The number of hydrogen-bond donors (Lipinski definition) is 1. The fourth-order valence-corrected chi connectivity index (χ4v) is 4.45. The highest BCUT2D eigenvalue weighted by molar-refractivity contribution is 14.0. The van der Waals surface area contributed by atoms with Crippen LogP contribution in [0.1, 0.15) is 18.6 Å². The molecule has 0 saturated carbocycles. The van der Waals surface area contributed by atoms with Gasteiger partial charge in [-0.05, 0) is 24.6 Å². The normalized spacial score (nSPS) is 32.8. The fourth-order valence-electron chi connectivity index (χ4n) is 4.45. The lowest BCUT2D eigenvalue weighted by Gasteiger charge is -2.48. The maximum absolute atomic E-state index is 13.2. The maximum Gasteiger partial charge on any atom is 0.193 e. The molecule has 1 aromatic rings. The quantitative estimate of drug-likeness (QED) is 0.387. The third-order valence-corrected chi connectivity index (χ3v) is 5.90. The van der Waals surface area contributed by atoms with Gasteiger partial charge in [0.15, 0.2) is 5.96 Å². The van der Waals surface area contributed by atoms with Crippen molar-refractivity contribution in [2.45, 2.75) is 25.2 Å². The number of hydrogen-bond acceptors (Lipinski definition) is 4. The second-order valence-electron chi connectivity index (χ2n) is 7.81. The summed E-state index contributed by atoms with van der Waals surface area (Å²) in [6.07, 6.45) is 0.0151. The van der Waals surface area contributed by atoms with Gasteiger partial charge < -0.3 is 15.0 Å². The first-order chi connectivity index (χ1) is 13.1. The highest BCUT2D eigenvalue weighted by Gasteiger charge is 2.33. The fraction of sp³-hybridized carbons (Fsp3) is 0.650. The molecule has 0 aliphatic carbocycles. The van der Waals surface area contributed by atoms with Gasteiger partial charge in [-0.25, -0.2) is 4.39 Å². The number of aliphatic imine (C=N–C) groups is 1. The van der Waals surface area contributed by atoms with Crippen LogP contribution in [0.4, 0.5) is 4.39 Å². The van der Waals surface area contributed by atoms with Gasteiger partial charge in [-0.15, -0.1) is 24.0 Å². The number of halogens is 2. The molecule has 1 N–H and O–H groups in total. The second kappa shape index (κ2) is 9.69. The minimum atomic E-state index is -0.218. The van der Waals surface area contributed by atoms with Crippen molar-refractivity contribution >= 4 is 29.9 Å². The van der Waals surface area contributed by atoms with E-state index in [4.69, 9.17) is 4.74 Å². The summed E-state index contributed by atoms with van der Waals surface area (Å²) in [5, 5.41) is 3.59. The Morgan fingerprint density at radius 1 is 1.14 bits per heavy atom.